The first-order chi connectivity index (χ1) is 9.67. The van der Waals surface area contributed by atoms with Gasteiger partial charge in [0.15, 0.2) is 0 Å². The highest BCUT2D eigenvalue weighted by molar-refractivity contribution is 5.17. The molecule has 1 aromatic rings. The fourth-order valence-corrected chi connectivity index (χ4v) is 2.30. The van der Waals surface area contributed by atoms with E-state index in [0.29, 0.717) is 25.0 Å². The van der Waals surface area contributed by atoms with Gasteiger partial charge in [-0.25, -0.2) is 4.39 Å². The molecule has 0 fully saturated rings. The van der Waals surface area contributed by atoms with E-state index < -0.39 is 0 Å². The first-order valence-corrected chi connectivity index (χ1v) is 7.10. The van der Waals surface area contributed by atoms with Crippen LogP contribution in [0.3, 0.4) is 0 Å². The van der Waals surface area contributed by atoms with Gasteiger partial charge in [-0.1, -0.05) is 19.1 Å². The van der Waals surface area contributed by atoms with E-state index in [1.165, 1.54) is 6.07 Å². The third kappa shape index (κ3) is 6.46. The van der Waals surface area contributed by atoms with E-state index in [0.717, 1.165) is 25.1 Å². The lowest BCUT2D eigenvalue weighted by Gasteiger charge is -2.24. The Morgan fingerprint density at radius 3 is 2.70 bits per heavy atom. The summed E-state index contributed by atoms with van der Waals surface area (Å²) in [5.41, 5.74) is 1.03. The van der Waals surface area contributed by atoms with Crippen LogP contribution in [0.5, 0.6) is 0 Å². The Morgan fingerprint density at radius 1 is 1.25 bits per heavy atom. The lowest BCUT2D eigenvalue weighted by Crippen LogP contribution is -2.32. The molecule has 0 aliphatic carbocycles. The number of nitrogens with one attached hydrogen (secondary N) is 1. The zero-order chi connectivity index (χ0) is 14.8. The quantitative estimate of drug-likeness (QED) is 0.669. The van der Waals surface area contributed by atoms with E-state index in [2.05, 4.69) is 12.2 Å². The third-order valence-electron chi connectivity index (χ3n) is 3.51. The van der Waals surface area contributed by atoms with Crippen LogP contribution in [0.4, 0.5) is 4.39 Å². The van der Waals surface area contributed by atoms with Gasteiger partial charge in [0.25, 0.3) is 0 Å². The molecule has 0 bridgehead atoms. The summed E-state index contributed by atoms with van der Waals surface area (Å²) < 4.78 is 23.5. The second kappa shape index (κ2) is 9.86. The van der Waals surface area contributed by atoms with Gasteiger partial charge < -0.3 is 14.8 Å². The molecule has 0 aromatic heterocycles. The Kier molecular flexibility index (Phi) is 8.42. The number of halogens is 1. The van der Waals surface area contributed by atoms with E-state index in [1.807, 2.05) is 6.07 Å². The fraction of sp³-hybridized carbons (Fsp3) is 0.625. The number of ether oxygens (including phenoxy) is 2. The Labute approximate surface area is 121 Å². The fourth-order valence-electron chi connectivity index (χ4n) is 2.30. The van der Waals surface area contributed by atoms with Crippen LogP contribution in [0.1, 0.15) is 12.5 Å². The van der Waals surface area contributed by atoms with Crippen LogP contribution in [-0.4, -0.2) is 40.5 Å². The average molecular weight is 283 g/mol. The lowest BCUT2D eigenvalue weighted by molar-refractivity contribution is 0.126. The first-order valence-electron chi connectivity index (χ1n) is 7.10. The van der Waals surface area contributed by atoms with E-state index in [-0.39, 0.29) is 5.82 Å². The molecule has 0 aliphatic rings. The Hall–Kier alpha value is -0.970. The summed E-state index contributed by atoms with van der Waals surface area (Å²) in [6.45, 7) is 5.29. The van der Waals surface area contributed by atoms with E-state index in [4.69, 9.17) is 9.47 Å². The maximum absolute atomic E-state index is 13.3. The van der Waals surface area contributed by atoms with Gasteiger partial charge in [0, 0.05) is 27.4 Å². The molecule has 1 aromatic carbocycles. The van der Waals surface area contributed by atoms with E-state index >= 15 is 0 Å². The summed E-state index contributed by atoms with van der Waals surface area (Å²) in [6, 6.07) is 6.83. The molecule has 0 spiro atoms. The van der Waals surface area contributed by atoms with Crippen molar-refractivity contribution in [3.8, 4) is 0 Å². The highest BCUT2D eigenvalue weighted by Gasteiger charge is 2.17. The molecule has 1 rings (SSSR count). The maximum Gasteiger partial charge on any atom is 0.123 e. The summed E-state index contributed by atoms with van der Waals surface area (Å²) in [4.78, 5) is 0. The highest BCUT2D eigenvalue weighted by Crippen LogP contribution is 2.18. The van der Waals surface area contributed by atoms with Crippen molar-refractivity contribution in [2.75, 3.05) is 40.5 Å². The Bertz CT molecular complexity index is 373. The number of hydrogen-bond donors (Lipinski definition) is 1. The molecule has 0 amide bonds. The molecule has 0 saturated carbocycles. The van der Waals surface area contributed by atoms with Crippen molar-refractivity contribution in [2.24, 2.45) is 11.8 Å². The predicted molar refractivity (Wildman–Crippen MR) is 79.4 cm³/mol. The summed E-state index contributed by atoms with van der Waals surface area (Å²) in [6.07, 6.45) is 0.849. The van der Waals surface area contributed by atoms with Crippen LogP contribution >= 0.6 is 0 Å². The SMILES string of the molecule is COCCNCC(Cc1cccc(F)c1)C(C)COC. The summed E-state index contributed by atoms with van der Waals surface area (Å²) >= 11 is 0. The zero-order valence-electron chi connectivity index (χ0n) is 12.7. The molecule has 114 valence electrons. The molecular weight excluding hydrogens is 257 g/mol. The minimum atomic E-state index is -0.173. The maximum atomic E-state index is 13.3. The molecule has 0 heterocycles. The van der Waals surface area contributed by atoms with Crippen LogP contribution in [0, 0.1) is 17.7 Å². The van der Waals surface area contributed by atoms with Crippen molar-refractivity contribution >= 4 is 0 Å². The van der Waals surface area contributed by atoms with Crippen LogP contribution in [0.15, 0.2) is 24.3 Å². The Balaban J connectivity index is 2.56. The molecule has 4 heteroatoms. The zero-order valence-corrected chi connectivity index (χ0v) is 12.7. The van der Waals surface area contributed by atoms with Gasteiger partial charge in [-0.15, -0.1) is 0 Å². The van der Waals surface area contributed by atoms with Gasteiger partial charge in [-0.3, -0.25) is 0 Å². The van der Waals surface area contributed by atoms with Gasteiger partial charge in [-0.05, 0) is 42.5 Å². The molecular formula is C16H26FNO2. The predicted octanol–water partition coefficient (Wildman–Crippen LogP) is 2.50. The van der Waals surface area contributed by atoms with Crippen molar-refractivity contribution in [3.63, 3.8) is 0 Å². The summed E-state index contributed by atoms with van der Waals surface area (Å²) in [5, 5.41) is 3.39. The van der Waals surface area contributed by atoms with Gasteiger partial charge in [0.05, 0.1) is 6.61 Å². The average Bonchev–Trinajstić information content (AvgIpc) is 2.42. The smallest absolute Gasteiger partial charge is 0.123 e. The van der Waals surface area contributed by atoms with Crippen molar-refractivity contribution in [3.05, 3.63) is 35.6 Å². The van der Waals surface area contributed by atoms with Crippen LogP contribution in [0.25, 0.3) is 0 Å². The molecule has 0 radical (unpaired) electrons. The summed E-state index contributed by atoms with van der Waals surface area (Å²) in [7, 11) is 3.41. The van der Waals surface area contributed by atoms with Crippen LogP contribution in [0.2, 0.25) is 0 Å². The van der Waals surface area contributed by atoms with Crippen molar-refractivity contribution in [1.29, 1.82) is 0 Å². The largest absolute Gasteiger partial charge is 0.384 e. The summed E-state index contributed by atoms with van der Waals surface area (Å²) in [5.74, 6) is 0.653. The standard InChI is InChI=1S/C16H26FNO2/c1-13(12-20-3)15(11-18-7-8-19-2)9-14-5-4-6-16(17)10-14/h4-6,10,13,15,18H,7-9,11-12H2,1-3H3. The number of benzene rings is 1. The topological polar surface area (TPSA) is 30.5 Å². The van der Waals surface area contributed by atoms with Crippen LogP contribution in [-0.2, 0) is 15.9 Å². The van der Waals surface area contributed by atoms with Crippen LogP contribution < -0.4 is 5.32 Å². The second-order valence-corrected chi connectivity index (χ2v) is 5.22. The van der Waals surface area contributed by atoms with Crippen molar-refractivity contribution in [1.82, 2.24) is 5.32 Å². The number of rotatable bonds is 10. The molecule has 0 aliphatic heterocycles. The van der Waals surface area contributed by atoms with E-state index in [1.54, 1.807) is 26.4 Å². The molecule has 20 heavy (non-hydrogen) atoms. The molecule has 2 atom stereocenters. The third-order valence-corrected chi connectivity index (χ3v) is 3.51. The molecule has 3 nitrogen and oxygen atoms in total. The second-order valence-electron chi connectivity index (χ2n) is 5.22. The normalized spacial score (nSPS) is 14.2. The van der Waals surface area contributed by atoms with Gasteiger partial charge >= 0.3 is 0 Å². The number of hydrogen-bond acceptors (Lipinski definition) is 3. The lowest BCUT2D eigenvalue weighted by atomic mass is 9.88. The number of methoxy groups -OCH3 is 2. The highest BCUT2D eigenvalue weighted by atomic mass is 19.1. The first kappa shape index (κ1) is 17.1. The van der Waals surface area contributed by atoms with Crippen molar-refractivity contribution < 1.29 is 13.9 Å². The van der Waals surface area contributed by atoms with Gasteiger partial charge in [-0.2, -0.15) is 0 Å². The minimum Gasteiger partial charge on any atom is -0.384 e. The molecule has 0 saturated heterocycles. The Morgan fingerprint density at radius 2 is 2.05 bits per heavy atom. The molecule has 1 N–H and O–H groups in total. The minimum absolute atomic E-state index is 0.173. The van der Waals surface area contributed by atoms with E-state index in [9.17, 15) is 4.39 Å². The monoisotopic (exact) mass is 283 g/mol. The van der Waals surface area contributed by atoms with Gasteiger partial charge in [0.2, 0.25) is 0 Å². The molecule has 2 unspecified atom stereocenters. The van der Waals surface area contributed by atoms with Crippen molar-refractivity contribution in [2.45, 2.75) is 13.3 Å². The van der Waals surface area contributed by atoms with Gasteiger partial charge in [0.1, 0.15) is 5.82 Å².